The highest BCUT2D eigenvalue weighted by Crippen LogP contribution is 2.19. The number of carbonyl (C=O) groups is 3. The zero-order valence-corrected chi connectivity index (χ0v) is 15.4. The Balaban J connectivity index is 2.01. The summed E-state index contributed by atoms with van der Waals surface area (Å²) in [6.07, 6.45) is 1.26. The average molecular weight is 397 g/mol. The quantitative estimate of drug-likeness (QED) is 0.845. The number of carboxylic acid groups (broad SMARTS) is 1. The Labute approximate surface area is 149 Å². The van der Waals surface area contributed by atoms with Gasteiger partial charge in [0.25, 0.3) is 5.91 Å². The zero-order valence-electron chi connectivity index (χ0n) is 13.8. The van der Waals surface area contributed by atoms with Crippen molar-refractivity contribution in [3.8, 4) is 0 Å². The molecule has 0 saturated carbocycles. The van der Waals surface area contributed by atoms with Crippen molar-refractivity contribution in [1.29, 1.82) is 0 Å². The van der Waals surface area contributed by atoms with Gasteiger partial charge in [0.05, 0.1) is 12.5 Å². The van der Waals surface area contributed by atoms with Gasteiger partial charge in [0.15, 0.2) is 0 Å². The van der Waals surface area contributed by atoms with Crippen LogP contribution >= 0.6 is 15.9 Å². The van der Waals surface area contributed by atoms with E-state index < -0.39 is 11.9 Å². The lowest BCUT2D eigenvalue weighted by Crippen LogP contribution is -2.47. The molecule has 1 aliphatic rings. The van der Waals surface area contributed by atoms with Crippen molar-refractivity contribution in [3.05, 3.63) is 33.8 Å². The molecule has 1 N–H and O–H groups in total. The minimum Gasteiger partial charge on any atom is -0.481 e. The number of hydrogen-bond acceptors (Lipinski definition) is 3. The summed E-state index contributed by atoms with van der Waals surface area (Å²) in [5.41, 5.74) is 1.38. The highest BCUT2D eigenvalue weighted by atomic mass is 79.9. The summed E-state index contributed by atoms with van der Waals surface area (Å²) in [5, 5.41) is 9.11. The summed E-state index contributed by atoms with van der Waals surface area (Å²) in [7, 11) is 1.58. The van der Waals surface area contributed by atoms with Gasteiger partial charge in [-0.1, -0.05) is 22.0 Å². The molecule has 1 fully saturated rings. The van der Waals surface area contributed by atoms with E-state index >= 15 is 0 Å². The number of benzene rings is 1. The van der Waals surface area contributed by atoms with Crippen LogP contribution in [0.1, 0.15) is 28.8 Å². The van der Waals surface area contributed by atoms with E-state index in [0.29, 0.717) is 24.9 Å². The molecule has 1 aliphatic heterocycles. The highest BCUT2D eigenvalue weighted by molar-refractivity contribution is 9.10. The van der Waals surface area contributed by atoms with Crippen molar-refractivity contribution in [3.63, 3.8) is 0 Å². The Kier molecular flexibility index (Phi) is 5.99. The van der Waals surface area contributed by atoms with Crippen molar-refractivity contribution < 1.29 is 19.5 Å². The normalized spacial score (nSPS) is 17.5. The Morgan fingerprint density at radius 1 is 1.38 bits per heavy atom. The third-order valence-corrected chi connectivity index (χ3v) is 4.77. The number of rotatable bonds is 4. The van der Waals surface area contributed by atoms with Crippen molar-refractivity contribution in [2.45, 2.75) is 19.8 Å². The van der Waals surface area contributed by atoms with E-state index in [-0.39, 0.29) is 24.9 Å². The molecule has 0 aromatic heterocycles. The number of nitrogens with zero attached hydrogens (tertiary/aromatic N) is 2. The maximum atomic E-state index is 12.5. The molecule has 0 spiro atoms. The lowest BCUT2D eigenvalue weighted by molar-refractivity contribution is -0.145. The van der Waals surface area contributed by atoms with Crippen molar-refractivity contribution in [2.75, 3.05) is 26.7 Å². The summed E-state index contributed by atoms with van der Waals surface area (Å²) in [5.74, 6) is -1.84. The predicted octanol–water partition coefficient (Wildman–Crippen LogP) is 2.15. The highest BCUT2D eigenvalue weighted by Gasteiger charge is 2.29. The van der Waals surface area contributed by atoms with Gasteiger partial charge in [0.1, 0.15) is 0 Å². The largest absolute Gasteiger partial charge is 0.481 e. The van der Waals surface area contributed by atoms with E-state index in [1.54, 1.807) is 18.0 Å². The standard InChI is InChI=1S/C17H21BrN2O4/c1-11-5-6-13(18)8-14(11)16(22)19(2)10-15(21)20-7-3-4-12(9-20)17(23)24/h5-6,8,12H,3-4,7,9-10H2,1-2H3,(H,23,24). The number of piperidine rings is 1. The smallest absolute Gasteiger partial charge is 0.308 e. The van der Waals surface area contributed by atoms with Crippen LogP contribution < -0.4 is 0 Å². The first-order chi connectivity index (χ1) is 11.3. The molecule has 130 valence electrons. The maximum absolute atomic E-state index is 12.5. The molecular weight excluding hydrogens is 376 g/mol. The molecule has 1 atom stereocenters. The number of halogens is 1. The van der Waals surface area contributed by atoms with Gasteiger partial charge in [-0.3, -0.25) is 14.4 Å². The maximum Gasteiger partial charge on any atom is 0.308 e. The molecule has 0 aliphatic carbocycles. The number of hydrogen-bond donors (Lipinski definition) is 1. The summed E-state index contributed by atoms with van der Waals surface area (Å²) in [4.78, 5) is 39.0. The first-order valence-electron chi connectivity index (χ1n) is 7.81. The molecule has 1 saturated heterocycles. The SMILES string of the molecule is Cc1ccc(Br)cc1C(=O)N(C)CC(=O)N1CCCC(C(=O)O)C1. The molecule has 24 heavy (non-hydrogen) atoms. The lowest BCUT2D eigenvalue weighted by Gasteiger charge is -2.32. The second-order valence-corrected chi connectivity index (χ2v) is 7.05. The average Bonchev–Trinajstić information content (AvgIpc) is 2.56. The Morgan fingerprint density at radius 3 is 2.75 bits per heavy atom. The fraction of sp³-hybridized carbons (Fsp3) is 0.471. The third-order valence-electron chi connectivity index (χ3n) is 4.27. The van der Waals surface area contributed by atoms with Crippen LogP contribution in [0.2, 0.25) is 0 Å². The van der Waals surface area contributed by atoms with Crippen LogP contribution in [0.3, 0.4) is 0 Å². The van der Waals surface area contributed by atoms with Crippen LogP contribution in [0.5, 0.6) is 0 Å². The number of carboxylic acids is 1. The van der Waals surface area contributed by atoms with Gasteiger partial charge in [-0.2, -0.15) is 0 Å². The summed E-state index contributed by atoms with van der Waals surface area (Å²) < 4.78 is 0.802. The predicted molar refractivity (Wildman–Crippen MR) is 92.8 cm³/mol. The third kappa shape index (κ3) is 4.35. The van der Waals surface area contributed by atoms with Gasteiger partial charge < -0.3 is 14.9 Å². The summed E-state index contributed by atoms with van der Waals surface area (Å²) in [6.45, 7) is 2.54. The second-order valence-electron chi connectivity index (χ2n) is 6.14. The Morgan fingerprint density at radius 2 is 2.08 bits per heavy atom. The number of aryl methyl sites for hydroxylation is 1. The first kappa shape index (κ1) is 18.4. The number of likely N-dealkylation sites (N-methyl/N-ethyl adjacent to an activating group) is 1. The van der Waals surface area contributed by atoms with Crippen molar-refractivity contribution in [1.82, 2.24) is 9.80 Å². The van der Waals surface area contributed by atoms with Gasteiger partial charge in [0.2, 0.25) is 5.91 Å². The molecule has 1 heterocycles. The van der Waals surface area contributed by atoms with Crippen LogP contribution in [0.15, 0.2) is 22.7 Å². The van der Waals surface area contributed by atoms with E-state index in [1.807, 2.05) is 19.1 Å². The molecule has 1 aromatic carbocycles. The van der Waals surface area contributed by atoms with E-state index in [1.165, 1.54) is 4.90 Å². The fourth-order valence-electron chi connectivity index (χ4n) is 2.81. The van der Waals surface area contributed by atoms with Crippen LogP contribution in [0.25, 0.3) is 0 Å². The lowest BCUT2D eigenvalue weighted by atomic mass is 9.98. The van der Waals surface area contributed by atoms with Crippen molar-refractivity contribution in [2.24, 2.45) is 5.92 Å². The van der Waals surface area contributed by atoms with Crippen LogP contribution in [0.4, 0.5) is 0 Å². The number of aliphatic carboxylic acids is 1. The molecule has 7 heteroatoms. The number of likely N-dealkylation sites (tertiary alicyclic amines) is 1. The monoisotopic (exact) mass is 396 g/mol. The van der Waals surface area contributed by atoms with Gasteiger partial charge in [-0.15, -0.1) is 0 Å². The van der Waals surface area contributed by atoms with E-state index in [4.69, 9.17) is 5.11 Å². The molecule has 2 rings (SSSR count). The minimum absolute atomic E-state index is 0.0584. The van der Waals surface area contributed by atoms with Crippen LogP contribution in [-0.4, -0.2) is 59.4 Å². The molecular formula is C17H21BrN2O4. The first-order valence-corrected chi connectivity index (χ1v) is 8.61. The van der Waals surface area contributed by atoms with E-state index in [0.717, 1.165) is 10.0 Å². The minimum atomic E-state index is -0.873. The molecule has 0 radical (unpaired) electrons. The van der Waals surface area contributed by atoms with Gasteiger partial charge in [0, 0.05) is 30.2 Å². The Bertz CT molecular complexity index is 662. The van der Waals surface area contributed by atoms with Gasteiger partial charge in [-0.05, 0) is 37.5 Å². The molecule has 0 bridgehead atoms. The Hall–Kier alpha value is -1.89. The van der Waals surface area contributed by atoms with Crippen LogP contribution in [0, 0.1) is 12.8 Å². The van der Waals surface area contributed by atoms with Gasteiger partial charge in [-0.25, -0.2) is 0 Å². The topological polar surface area (TPSA) is 77.9 Å². The van der Waals surface area contributed by atoms with Crippen LogP contribution in [-0.2, 0) is 9.59 Å². The second kappa shape index (κ2) is 7.79. The van der Waals surface area contributed by atoms with E-state index in [2.05, 4.69) is 15.9 Å². The molecule has 1 unspecified atom stereocenters. The molecule has 2 amide bonds. The number of carbonyl (C=O) groups excluding carboxylic acids is 2. The fourth-order valence-corrected chi connectivity index (χ4v) is 3.17. The zero-order chi connectivity index (χ0) is 17.9. The summed E-state index contributed by atoms with van der Waals surface area (Å²) >= 11 is 3.35. The van der Waals surface area contributed by atoms with Gasteiger partial charge >= 0.3 is 5.97 Å². The summed E-state index contributed by atoms with van der Waals surface area (Å²) in [6, 6.07) is 5.44. The van der Waals surface area contributed by atoms with Crippen molar-refractivity contribution >= 4 is 33.7 Å². The van der Waals surface area contributed by atoms with E-state index in [9.17, 15) is 14.4 Å². The molecule has 1 aromatic rings. The molecule has 6 nitrogen and oxygen atoms in total. The number of amides is 2.